The van der Waals surface area contributed by atoms with Gasteiger partial charge in [-0.3, -0.25) is 4.99 Å². The van der Waals surface area contributed by atoms with E-state index in [1.165, 1.54) is 70.6 Å². The first-order valence-corrected chi connectivity index (χ1v) is 7.85. The van der Waals surface area contributed by atoms with Crippen LogP contribution >= 0.6 is 0 Å². The van der Waals surface area contributed by atoms with E-state index in [1.807, 2.05) is 0 Å². The Morgan fingerprint density at radius 3 is 2.22 bits per heavy atom. The van der Waals surface area contributed by atoms with Crippen molar-refractivity contribution in [3.63, 3.8) is 0 Å². The maximum absolute atomic E-state index is 5.79. The average Bonchev–Trinajstić information content (AvgIpc) is 2.74. The highest BCUT2D eigenvalue weighted by Gasteiger charge is 2.37. The number of aliphatic imine (C=N–C) groups is 1. The summed E-state index contributed by atoms with van der Waals surface area (Å²) in [5.41, 5.74) is 3.22. The van der Waals surface area contributed by atoms with E-state index in [2.05, 4.69) is 12.3 Å². The molecule has 0 atom stereocenters. The summed E-state index contributed by atoms with van der Waals surface area (Å²) in [6.07, 6.45) is 14.3. The molecule has 2 fully saturated rings. The quantitative estimate of drug-likeness (QED) is 0.265. The van der Waals surface area contributed by atoms with Crippen LogP contribution in [0.4, 0.5) is 0 Å². The highest BCUT2D eigenvalue weighted by atomic mass is 15.3. The Bertz CT molecular complexity index is 271. The zero-order valence-corrected chi connectivity index (χ0v) is 11.9. The molecule has 2 aliphatic rings. The third-order valence-corrected chi connectivity index (χ3v) is 5.01. The van der Waals surface area contributed by atoms with E-state index in [-0.39, 0.29) is 5.41 Å². The normalized spacial score (nSPS) is 26.0. The summed E-state index contributed by atoms with van der Waals surface area (Å²) in [5, 5.41) is 0. The number of nitrogens with two attached hydrogens (primary N) is 1. The maximum atomic E-state index is 5.79. The largest absolute Gasteiger partial charge is 0.312 e. The van der Waals surface area contributed by atoms with Crippen molar-refractivity contribution in [1.29, 1.82) is 0 Å². The summed E-state index contributed by atoms with van der Waals surface area (Å²) in [5.74, 6) is 6.89. The number of amidine groups is 1. The van der Waals surface area contributed by atoms with Gasteiger partial charge in [-0.1, -0.05) is 45.4 Å². The minimum absolute atomic E-state index is 0.265. The van der Waals surface area contributed by atoms with E-state index >= 15 is 0 Å². The lowest BCUT2D eigenvalue weighted by Crippen LogP contribution is -2.43. The number of nitrogens with zero attached hydrogens (tertiary/aromatic N) is 1. The SMILES string of the molecule is CCC1(C(=NC2CCCCCC2)NN)CCCC1. The Morgan fingerprint density at radius 2 is 1.72 bits per heavy atom. The first-order chi connectivity index (χ1) is 8.80. The summed E-state index contributed by atoms with van der Waals surface area (Å²) in [6, 6.07) is 0.516. The Morgan fingerprint density at radius 1 is 1.11 bits per heavy atom. The molecule has 0 spiro atoms. The van der Waals surface area contributed by atoms with E-state index in [9.17, 15) is 0 Å². The molecule has 3 heteroatoms. The van der Waals surface area contributed by atoms with Gasteiger partial charge in [0.15, 0.2) is 0 Å². The van der Waals surface area contributed by atoms with E-state index in [1.54, 1.807) is 0 Å². The zero-order valence-electron chi connectivity index (χ0n) is 11.9. The summed E-state index contributed by atoms with van der Waals surface area (Å²) >= 11 is 0. The van der Waals surface area contributed by atoms with E-state index in [4.69, 9.17) is 10.8 Å². The van der Waals surface area contributed by atoms with Crippen LogP contribution in [0.1, 0.15) is 77.6 Å². The molecule has 2 rings (SSSR count). The fourth-order valence-corrected chi connectivity index (χ4v) is 3.71. The smallest absolute Gasteiger partial charge is 0.117 e. The van der Waals surface area contributed by atoms with Gasteiger partial charge in [-0.2, -0.15) is 0 Å². The molecule has 104 valence electrons. The van der Waals surface area contributed by atoms with Crippen molar-refractivity contribution in [2.75, 3.05) is 0 Å². The predicted molar refractivity (Wildman–Crippen MR) is 77.4 cm³/mol. The molecule has 2 aliphatic carbocycles. The molecule has 0 saturated heterocycles. The molecule has 0 heterocycles. The zero-order chi connectivity index (χ0) is 12.8. The molecule has 0 aromatic rings. The molecule has 2 saturated carbocycles. The van der Waals surface area contributed by atoms with Crippen LogP contribution in [0.15, 0.2) is 4.99 Å². The Balaban J connectivity index is 2.10. The number of hydrazine groups is 1. The number of rotatable bonds is 3. The summed E-state index contributed by atoms with van der Waals surface area (Å²) in [7, 11) is 0. The monoisotopic (exact) mass is 251 g/mol. The second kappa shape index (κ2) is 6.55. The Kier molecular flexibility index (Phi) is 5.04. The van der Waals surface area contributed by atoms with Gasteiger partial charge in [-0.25, -0.2) is 5.84 Å². The number of nitrogens with one attached hydrogen (secondary N) is 1. The van der Waals surface area contributed by atoms with Crippen LogP contribution < -0.4 is 11.3 Å². The minimum Gasteiger partial charge on any atom is -0.312 e. The second-order valence-corrected chi connectivity index (χ2v) is 6.11. The molecule has 3 N–H and O–H groups in total. The van der Waals surface area contributed by atoms with Crippen LogP contribution in [-0.2, 0) is 0 Å². The van der Waals surface area contributed by atoms with E-state index < -0.39 is 0 Å². The summed E-state index contributed by atoms with van der Waals surface area (Å²) < 4.78 is 0. The molecule has 0 radical (unpaired) electrons. The van der Waals surface area contributed by atoms with Crippen LogP contribution in [-0.4, -0.2) is 11.9 Å². The third-order valence-electron chi connectivity index (χ3n) is 5.01. The van der Waals surface area contributed by atoms with Gasteiger partial charge in [-0.15, -0.1) is 0 Å². The van der Waals surface area contributed by atoms with Crippen molar-refractivity contribution in [1.82, 2.24) is 5.43 Å². The number of hydrogen-bond donors (Lipinski definition) is 2. The van der Waals surface area contributed by atoms with Crippen LogP contribution in [0.2, 0.25) is 0 Å². The summed E-state index contributed by atoms with van der Waals surface area (Å²) in [4.78, 5) is 5.02. The molecule has 18 heavy (non-hydrogen) atoms. The molecule has 0 aromatic heterocycles. The van der Waals surface area contributed by atoms with Gasteiger partial charge in [0.05, 0.1) is 6.04 Å². The van der Waals surface area contributed by atoms with Gasteiger partial charge >= 0.3 is 0 Å². The van der Waals surface area contributed by atoms with Gasteiger partial charge in [0.1, 0.15) is 5.84 Å². The first kappa shape index (κ1) is 13.9. The van der Waals surface area contributed by atoms with Gasteiger partial charge in [0.25, 0.3) is 0 Å². The lowest BCUT2D eigenvalue weighted by atomic mass is 9.82. The number of hydrogen-bond acceptors (Lipinski definition) is 2. The van der Waals surface area contributed by atoms with Crippen LogP contribution in [0, 0.1) is 5.41 Å². The molecule has 0 aliphatic heterocycles. The highest BCUT2D eigenvalue weighted by molar-refractivity contribution is 5.88. The predicted octanol–water partition coefficient (Wildman–Crippen LogP) is 3.54. The fraction of sp³-hybridized carbons (Fsp3) is 0.933. The van der Waals surface area contributed by atoms with Crippen LogP contribution in [0.25, 0.3) is 0 Å². The van der Waals surface area contributed by atoms with Crippen LogP contribution in [0.5, 0.6) is 0 Å². The van der Waals surface area contributed by atoms with Gasteiger partial charge < -0.3 is 5.43 Å². The Labute approximate surface area is 112 Å². The second-order valence-electron chi connectivity index (χ2n) is 6.11. The fourth-order valence-electron chi connectivity index (χ4n) is 3.71. The molecular weight excluding hydrogens is 222 g/mol. The van der Waals surface area contributed by atoms with Crippen molar-refractivity contribution >= 4 is 5.84 Å². The maximum Gasteiger partial charge on any atom is 0.117 e. The molecule has 0 bridgehead atoms. The average molecular weight is 251 g/mol. The van der Waals surface area contributed by atoms with E-state index in [0.717, 1.165) is 5.84 Å². The molecule has 0 unspecified atom stereocenters. The van der Waals surface area contributed by atoms with Gasteiger partial charge in [0.2, 0.25) is 0 Å². The topological polar surface area (TPSA) is 50.4 Å². The lowest BCUT2D eigenvalue weighted by molar-refractivity contribution is 0.399. The molecule has 3 nitrogen and oxygen atoms in total. The van der Waals surface area contributed by atoms with Crippen molar-refractivity contribution in [2.45, 2.75) is 83.6 Å². The highest BCUT2D eigenvalue weighted by Crippen LogP contribution is 2.42. The van der Waals surface area contributed by atoms with Gasteiger partial charge in [-0.05, 0) is 32.1 Å². The van der Waals surface area contributed by atoms with Crippen molar-refractivity contribution in [2.24, 2.45) is 16.3 Å². The van der Waals surface area contributed by atoms with Crippen molar-refractivity contribution < 1.29 is 0 Å². The molecule has 0 amide bonds. The third kappa shape index (κ3) is 3.05. The molecule has 0 aromatic carbocycles. The standard InChI is InChI=1S/C15H29N3/c1-2-15(11-7-8-12-15)14(18-16)17-13-9-5-3-4-6-10-13/h13H,2-12,16H2,1H3,(H,17,18). The molecular formula is C15H29N3. The van der Waals surface area contributed by atoms with E-state index in [0.29, 0.717) is 6.04 Å². The van der Waals surface area contributed by atoms with Gasteiger partial charge in [0, 0.05) is 5.41 Å². The van der Waals surface area contributed by atoms with Crippen molar-refractivity contribution in [3.05, 3.63) is 0 Å². The summed E-state index contributed by atoms with van der Waals surface area (Å²) in [6.45, 7) is 2.28. The first-order valence-electron chi connectivity index (χ1n) is 7.85. The van der Waals surface area contributed by atoms with Crippen molar-refractivity contribution in [3.8, 4) is 0 Å². The minimum atomic E-state index is 0.265. The lowest BCUT2D eigenvalue weighted by Gasteiger charge is -2.30. The Hall–Kier alpha value is -0.570. The van der Waals surface area contributed by atoms with Crippen LogP contribution in [0.3, 0.4) is 0 Å².